The molecule has 0 aliphatic heterocycles. The number of hydrogen-bond acceptors (Lipinski definition) is 3. The average molecular weight is 503 g/mol. The van der Waals surface area contributed by atoms with Crippen LogP contribution in [0.4, 0.5) is 5.69 Å². The highest BCUT2D eigenvalue weighted by Gasteiger charge is 2.38. The van der Waals surface area contributed by atoms with E-state index in [0.717, 1.165) is 5.56 Å². The SMILES string of the molecule is Cc1cc[n+](C2=C(Nc3ccc(Cl)cc3)C(=O)c3ccccc3C2=O)cc1.[I-]. The van der Waals surface area contributed by atoms with E-state index in [1.807, 2.05) is 19.1 Å². The molecule has 0 atom stereocenters. The van der Waals surface area contributed by atoms with Gasteiger partial charge in [-0.05, 0) is 36.8 Å². The van der Waals surface area contributed by atoms with Gasteiger partial charge in [0.25, 0.3) is 11.5 Å². The van der Waals surface area contributed by atoms with Crippen molar-refractivity contribution in [3.8, 4) is 0 Å². The van der Waals surface area contributed by atoms with E-state index >= 15 is 0 Å². The predicted molar refractivity (Wildman–Crippen MR) is 105 cm³/mol. The first kappa shape index (κ1) is 20.2. The number of nitrogens with one attached hydrogen (secondary N) is 1. The predicted octanol–water partition coefficient (Wildman–Crippen LogP) is 1.30. The molecule has 28 heavy (non-hydrogen) atoms. The first-order valence-corrected chi connectivity index (χ1v) is 8.86. The molecule has 0 fully saturated rings. The number of benzene rings is 2. The summed E-state index contributed by atoms with van der Waals surface area (Å²) in [6, 6.07) is 17.7. The second-order valence-electron chi connectivity index (χ2n) is 6.34. The molecule has 1 heterocycles. The van der Waals surface area contributed by atoms with E-state index in [1.54, 1.807) is 65.5 Å². The molecule has 2 aromatic carbocycles. The second-order valence-corrected chi connectivity index (χ2v) is 6.78. The second kappa shape index (κ2) is 8.24. The van der Waals surface area contributed by atoms with Gasteiger partial charge in [-0.15, -0.1) is 0 Å². The van der Waals surface area contributed by atoms with E-state index in [1.165, 1.54) is 0 Å². The Kier molecular flexibility index (Phi) is 5.96. The van der Waals surface area contributed by atoms with Crippen LogP contribution in [0.3, 0.4) is 0 Å². The fraction of sp³-hybridized carbons (Fsp3) is 0.0455. The number of halogens is 2. The highest BCUT2D eigenvalue weighted by molar-refractivity contribution is 6.36. The van der Waals surface area contributed by atoms with Gasteiger partial charge in [0.15, 0.2) is 18.1 Å². The number of allylic oxidation sites excluding steroid dienone is 2. The topological polar surface area (TPSA) is 50.1 Å². The van der Waals surface area contributed by atoms with Gasteiger partial charge in [-0.1, -0.05) is 35.9 Å². The normalized spacial score (nSPS) is 13.1. The number of nitrogens with zero attached hydrogens (tertiary/aromatic N) is 1. The van der Waals surface area contributed by atoms with Crippen LogP contribution in [0.15, 0.2) is 78.8 Å². The third-order valence-electron chi connectivity index (χ3n) is 4.46. The Balaban J connectivity index is 0.00000225. The quantitative estimate of drug-likeness (QED) is 0.434. The number of anilines is 1. The summed E-state index contributed by atoms with van der Waals surface area (Å²) in [5.74, 6) is -0.418. The molecular formula is C22H16ClIN2O2. The minimum atomic E-state index is -0.219. The smallest absolute Gasteiger partial charge is 0.286 e. The van der Waals surface area contributed by atoms with Gasteiger partial charge >= 0.3 is 0 Å². The van der Waals surface area contributed by atoms with E-state index < -0.39 is 0 Å². The Labute approximate surface area is 184 Å². The molecule has 4 nitrogen and oxygen atoms in total. The van der Waals surface area contributed by atoms with Crippen LogP contribution < -0.4 is 33.9 Å². The van der Waals surface area contributed by atoms with Gasteiger partial charge in [-0.25, -0.2) is 0 Å². The Morgan fingerprint density at radius 3 is 2.00 bits per heavy atom. The van der Waals surface area contributed by atoms with E-state index in [2.05, 4.69) is 5.32 Å². The van der Waals surface area contributed by atoms with Crippen molar-refractivity contribution < 1.29 is 38.1 Å². The van der Waals surface area contributed by atoms with E-state index in [9.17, 15) is 9.59 Å². The fourth-order valence-electron chi connectivity index (χ4n) is 3.05. The number of rotatable bonds is 3. The van der Waals surface area contributed by atoms with Crippen molar-refractivity contribution >= 4 is 34.6 Å². The molecule has 0 amide bonds. The van der Waals surface area contributed by atoms with Gasteiger partial charge < -0.3 is 29.3 Å². The molecule has 0 bridgehead atoms. The summed E-state index contributed by atoms with van der Waals surface area (Å²) in [7, 11) is 0. The van der Waals surface area contributed by atoms with Crippen LogP contribution in [0.2, 0.25) is 5.02 Å². The molecule has 1 N–H and O–H groups in total. The summed E-state index contributed by atoms with van der Waals surface area (Å²) in [5.41, 5.74) is 3.10. The van der Waals surface area contributed by atoms with Crippen molar-refractivity contribution in [3.63, 3.8) is 0 Å². The number of pyridine rings is 1. The zero-order valence-electron chi connectivity index (χ0n) is 14.9. The zero-order valence-corrected chi connectivity index (χ0v) is 17.9. The van der Waals surface area contributed by atoms with Gasteiger partial charge in [0.1, 0.15) is 0 Å². The van der Waals surface area contributed by atoms with Crippen LogP contribution in [0.25, 0.3) is 5.70 Å². The maximum absolute atomic E-state index is 13.2. The third-order valence-corrected chi connectivity index (χ3v) is 4.72. The molecule has 6 heteroatoms. The van der Waals surface area contributed by atoms with Crippen molar-refractivity contribution in [2.24, 2.45) is 0 Å². The van der Waals surface area contributed by atoms with Crippen LogP contribution in [-0.4, -0.2) is 11.6 Å². The highest BCUT2D eigenvalue weighted by Crippen LogP contribution is 2.28. The molecule has 0 radical (unpaired) electrons. The standard InChI is InChI=1S/C22H15ClN2O2.HI/c1-14-10-12-25(13-11-14)20-19(24-16-8-6-15(23)7-9-16)21(26)17-4-2-3-5-18(17)22(20)27;/h2-13H,1H3;1H. The Morgan fingerprint density at radius 1 is 0.821 bits per heavy atom. The molecule has 0 unspecified atom stereocenters. The van der Waals surface area contributed by atoms with Crippen molar-refractivity contribution in [2.45, 2.75) is 6.92 Å². The van der Waals surface area contributed by atoms with Gasteiger partial charge in [0.05, 0.1) is 0 Å². The number of aryl methyl sites for hydroxylation is 1. The molecule has 0 saturated carbocycles. The Hall–Kier alpha value is -2.51. The first-order chi connectivity index (χ1) is 13.0. The van der Waals surface area contributed by atoms with E-state index in [4.69, 9.17) is 11.6 Å². The third kappa shape index (κ3) is 3.72. The monoisotopic (exact) mass is 502 g/mol. The van der Waals surface area contributed by atoms with E-state index in [-0.39, 0.29) is 41.2 Å². The summed E-state index contributed by atoms with van der Waals surface area (Å²) >= 11 is 5.95. The molecule has 1 aliphatic rings. The summed E-state index contributed by atoms with van der Waals surface area (Å²) in [4.78, 5) is 26.4. The maximum atomic E-state index is 13.2. The number of carbonyl (C=O) groups is 2. The van der Waals surface area contributed by atoms with Crippen LogP contribution in [0.1, 0.15) is 26.3 Å². The van der Waals surface area contributed by atoms with Crippen molar-refractivity contribution in [1.29, 1.82) is 0 Å². The summed E-state index contributed by atoms with van der Waals surface area (Å²) in [5, 5.41) is 3.72. The number of ketones is 2. The lowest BCUT2D eigenvalue weighted by atomic mass is 9.90. The number of hydrogen-bond donors (Lipinski definition) is 1. The van der Waals surface area contributed by atoms with Crippen molar-refractivity contribution in [2.75, 3.05) is 5.32 Å². The summed E-state index contributed by atoms with van der Waals surface area (Å²) in [6.07, 6.45) is 3.57. The van der Waals surface area contributed by atoms with Crippen LogP contribution in [0, 0.1) is 6.92 Å². The Bertz CT molecular complexity index is 1090. The van der Waals surface area contributed by atoms with Crippen LogP contribution in [-0.2, 0) is 0 Å². The highest BCUT2D eigenvalue weighted by atomic mass is 127. The Morgan fingerprint density at radius 2 is 1.39 bits per heavy atom. The lowest BCUT2D eigenvalue weighted by molar-refractivity contribution is -0.577. The van der Waals surface area contributed by atoms with Gasteiger partial charge in [0.2, 0.25) is 5.78 Å². The fourth-order valence-corrected chi connectivity index (χ4v) is 3.18. The van der Waals surface area contributed by atoms with Crippen molar-refractivity contribution in [1.82, 2.24) is 0 Å². The number of carbonyl (C=O) groups excluding carboxylic acids is 2. The molecule has 1 aliphatic carbocycles. The number of Topliss-reactive ketones (excluding diaryl/α,β-unsaturated/α-hetero) is 2. The molecule has 0 spiro atoms. The molecule has 3 aromatic rings. The lowest BCUT2D eigenvalue weighted by Gasteiger charge is -2.18. The molecule has 4 rings (SSSR count). The number of aromatic nitrogens is 1. The van der Waals surface area contributed by atoms with E-state index in [0.29, 0.717) is 27.5 Å². The number of fused-ring (bicyclic) bond motifs is 1. The van der Waals surface area contributed by atoms with Crippen LogP contribution >= 0.6 is 11.6 Å². The van der Waals surface area contributed by atoms with Gasteiger partial charge in [0, 0.05) is 34.0 Å². The zero-order chi connectivity index (χ0) is 19.0. The lowest BCUT2D eigenvalue weighted by Crippen LogP contribution is -3.00. The molecule has 0 saturated heterocycles. The molecular weight excluding hydrogens is 487 g/mol. The minimum absolute atomic E-state index is 0. The summed E-state index contributed by atoms with van der Waals surface area (Å²) in [6.45, 7) is 1.97. The largest absolute Gasteiger partial charge is 1.00 e. The summed E-state index contributed by atoms with van der Waals surface area (Å²) < 4.78 is 1.68. The van der Waals surface area contributed by atoms with Gasteiger partial charge in [-0.3, -0.25) is 9.59 Å². The molecule has 140 valence electrons. The molecule has 1 aromatic heterocycles. The maximum Gasteiger partial charge on any atom is 0.286 e. The minimum Gasteiger partial charge on any atom is -1.00 e. The average Bonchev–Trinajstić information content (AvgIpc) is 2.69. The van der Waals surface area contributed by atoms with Gasteiger partial charge in [-0.2, -0.15) is 4.57 Å². The first-order valence-electron chi connectivity index (χ1n) is 8.48. The van der Waals surface area contributed by atoms with Crippen LogP contribution in [0.5, 0.6) is 0 Å². The van der Waals surface area contributed by atoms with Crippen molar-refractivity contribution in [3.05, 3.63) is 100 Å².